The first-order valence-corrected chi connectivity index (χ1v) is 15.0. The van der Waals surface area contributed by atoms with Crippen LogP contribution in [0.15, 0.2) is 61.4 Å². The molecule has 3 heterocycles. The fourth-order valence-electron chi connectivity index (χ4n) is 1.08. The fraction of sp³-hybridized carbons (Fsp3) is 0.400. The van der Waals surface area contributed by atoms with Crippen molar-refractivity contribution in [1.82, 2.24) is 4.90 Å². The fourth-order valence-corrected chi connectivity index (χ4v) is 1.08. The number of amides is 2. The van der Waals surface area contributed by atoms with Crippen molar-refractivity contribution in [2.75, 3.05) is 40.3 Å². The van der Waals surface area contributed by atoms with Crippen LogP contribution >= 0.6 is 39.1 Å². The van der Waals surface area contributed by atoms with E-state index in [1.54, 1.807) is 18.2 Å². The van der Waals surface area contributed by atoms with Crippen molar-refractivity contribution in [3.05, 3.63) is 61.4 Å². The summed E-state index contributed by atoms with van der Waals surface area (Å²) >= 11 is 12.4. The van der Waals surface area contributed by atoms with Gasteiger partial charge in [-0.15, -0.1) is 29.8 Å². The number of aliphatic carboxylic acids is 1. The molecule has 0 aromatic carbocycles. The molecule has 3 aliphatic rings. The van der Waals surface area contributed by atoms with E-state index >= 15 is 0 Å². The van der Waals surface area contributed by atoms with Gasteiger partial charge in [0, 0.05) is 58.3 Å². The number of nitrogens with two attached hydrogens (primary N) is 1. The predicted molar refractivity (Wildman–Crippen MR) is 191 cm³/mol. The third kappa shape index (κ3) is 141. The minimum absolute atomic E-state index is 0. The second-order valence-electron chi connectivity index (χ2n) is 6.62. The number of esters is 4. The van der Waals surface area contributed by atoms with Gasteiger partial charge in [0.1, 0.15) is 0 Å². The quantitative estimate of drug-likeness (QED) is 0.0222. The number of methoxy groups -OCH3 is 1. The number of hydrogen-bond acceptors (Lipinski definition) is 17. The molecule has 24 heteroatoms. The van der Waals surface area contributed by atoms with E-state index < -0.39 is 29.8 Å². The van der Waals surface area contributed by atoms with Gasteiger partial charge in [0.05, 0.1) is 31.4 Å². The minimum Gasteiger partial charge on any atom is -1.00 e. The van der Waals surface area contributed by atoms with Crippen LogP contribution in [0.25, 0.3) is 0 Å². The molecule has 2 amide bonds. The Bertz CT molecular complexity index is 954. The van der Waals surface area contributed by atoms with Gasteiger partial charge in [-0.2, -0.15) is 0 Å². The SMILES string of the molecule is C=CBr.C=CC.C=COC.CC(=O)OC(C)=O.CC(=O)[O-].CC1CO1.CN.CN1C(=O)C=CC1=O.CO.ClCCl.O=C1C=CC(=O)O1.O=CO[O-].[H-].[K+].[K+].[Na+]. The van der Waals surface area contributed by atoms with Crippen molar-refractivity contribution >= 4 is 87.3 Å². The third-order valence-electron chi connectivity index (χ3n) is 2.58. The molecule has 3 aliphatic heterocycles. The maximum Gasteiger partial charge on any atom is 1.00 e. The van der Waals surface area contributed by atoms with Crippen LogP contribution in [0, 0.1) is 0 Å². The van der Waals surface area contributed by atoms with Crippen LogP contribution in [0.1, 0.15) is 36.0 Å². The van der Waals surface area contributed by atoms with Gasteiger partial charge in [-0.3, -0.25) is 28.9 Å². The van der Waals surface area contributed by atoms with Gasteiger partial charge in [0.15, 0.2) is 0 Å². The van der Waals surface area contributed by atoms with E-state index in [2.05, 4.69) is 67.4 Å². The Balaban J connectivity index is -0.0000000324. The van der Waals surface area contributed by atoms with Gasteiger partial charge in [-0.25, -0.2) is 9.59 Å². The summed E-state index contributed by atoms with van der Waals surface area (Å²) in [5, 5.41) is 24.5. The van der Waals surface area contributed by atoms with Crippen molar-refractivity contribution in [1.29, 1.82) is 0 Å². The molecule has 18 nitrogen and oxygen atoms in total. The summed E-state index contributed by atoms with van der Waals surface area (Å²) in [5.74, 6) is -3.85. The molecular formula is C30H50BrCl2K2N2NaO16. The average Bonchev–Trinajstić information content (AvgIpc) is 3.68. The van der Waals surface area contributed by atoms with Crippen LogP contribution in [0.5, 0.6) is 0 Å². The number of aliphatic hydroxyl groups is 1. The Morgan fingerprint density at radius 1 is 1.00 bits per heavy atom. The Morgan fingerprint density at radius 2 is 1.20 bits per heavy atom. The summed E-state index contributed by atoms with van der Waals surface area (Å²) in [6, 6.07) is 0. The van der Waals surface area contributed by atoms with Gasteiger partial charge in [0.25, 0.3) is 18.3 Å². The van der Waals surface area contributed by atoms with Crippen molar-refractivity contribution < 1.29 is 211 Å². The molecule has 0 bridgehead atoms. The molecule has 0 aromatic rings. The second kappa shape index (κ2) is 81.3. The molecule has 1 unspecified atom stereocenters. The molecule has 0 radical (unpaired) electrons. The average molecular weight is 947 g/mol. The first-order chi connectivity index (χ1) is 23.8. The number of carbonyl (C=O) groups is 8. The van der Waals surface area contributed by atoms with Crippen LogP contribution in [0.2, 0.25) is 0 Å². The number of ether oxygens (including phenoxy) is 4. The summed E-state index contributed by atoms with van der Waals surface area (Å²) in [5.41, 5.74) is 4.50. The molecule has 0 aromatic heterocycles. The molecule has 0 aliphatic carbocycles. The molecular weight excluding hydrogens is 896 g/mol. The zero-order valence-electron chi connectivity index (χ0n) is 34.0. The van der Waals surface area contributed by atoms with Gasteiger partial charge in [-0.05, 0) is 32.8 Å². The van der Waals surface area contributed by atoms with Crippen molar-refractivity contribution in [3.8, 4) is 0 Å². The Kier molecular flexibility index (Phi) is 129. The molecule has 3 rings (SSSR count). The minimum atomic E-state index is -1.08. The Hall–Kier alpha value is 0.0327. The van der Waals surface area contributed by atoms with E-state index in [-0.39, 0.29) is 157 Å². The van der Waals surface area contributed by atoms with Crippen LogP contribution in [0.3, 0.4) is 0 Å². The topological polar surface area (TPSA) is 282 Å². The van der Waals surface area contributed by atoms with E-state index in [4.69, 9.17) is 53.0 Å². The van der Waals surface area contributed by atoms with Gasteiger partial charge in [-0.1, -0.05) is 35.2 Å². The number of halogens is 3. The van der Waals surface area contributed by atoms with E-state index in [1.807, 2.05) is 6.92 Å². The maximum atomic E-state index is 10.4. The molecule has 54 heavy (non-hydrogen) atoms. The van der Waals surface area contributed by atoms with Crippen molar-refractivity contribution in [2.45, 2.75) is 40.7 Å². The number of epoxide rings is 1. The number of nitrogens with zero attached hydrogens (tertiary/aromatic N) is 1. The zero-order chi connectivity index (χ0) is 42.8. The normalized spacial score (nSPS) is 11.2. The molecule has 3 N–H and O–H groups in total. The van der Waals surface area contributed by atoms with Crippen LogP contribution in [-0.4, -0.2) is 105 Å². The third-order valence-corrected chi connectivity index (χ3v) is 2.58. The first kappa shape index (κ1) is 86.0. The van der Waals surface area contributed by atoms with E-state index in [0.717, 1.165) is 37.7 Å². The summed E-state index contributed by atoms with van der Waals surface area (Å²) in [4.78, 5) is 83.0. The Morgan fingerprint density at radius 3 is 1.24 bits per heavy atom. The summed E-state index contributed by atoms with van der Waals surface area (Å²) < 4.78 is 17.0. The number of carbonyl (C=O) groups excluding carboxylic acids is 8. The van der Waals surface area contributed by atoms with Crippen LogP contribution in [0.4, 0.5) is 0 Å². The van der Waals surface area contributed by atoms with Gasteiger partial charge in [0.2, 0.25) is 0 Å². The van der Waals surface area contributed by atoms with E-state index in [0.29, 0.717) is 6.10 Å². The largest absolute Gasteiger partial charge is 1.00 e. The maximum absolute atomic E-state index is 10.4. The number of hydrogen-bond donors (Lipinski definition) is 2. The Labute approximate surface area is 444 Å². The van der Waals surface area contributed by atoms with Crippen molar-refractivity contribution in [3.63, 3.8) is 0 Å². The summed E-state index contributed by atoms with van der Waals surface area (Å²) in [6.45, 7) is 18.0. The second-order valence-corrected chi connectivity index (χ2v) is 8.08. The number of alkyl halides is 2. The number of aliphatic hydroxyl groups excluding tert-OH is 1. The standard InChI is InChI=1S/C5H5NO2.C4H2O3.C4H6O3.2C3H6O.C3H6.C2H3Br.C2H4O2.CH2Cl2.CH5N.CH2O3.CH4O.2K.Na.H/c1-6-4(7)2-3-5(6)8;5-3-1-2-4(6)7-3;1-3(5)7-4(2)6;1-3-2-4-3;1-3-4-2;1-3-2;1-2-3;1-2(3)4;2-1-3;1-2;2-1-4-3;1-2;;;;/h2-3H,1H3;1-2H;1-2H3;3H,2H2,1H3;3H,1H2,2H3;3H,1H2,2H3;2H,1H2;1H3,(H,3,4);1H2;2H2,1H3;1,3H;2H,1H3;;;;/q;;;;;;;;;;;;3*+1;-1/p-2. The van der Waals surface area contributed by atoms with Gasteiger partial charge >= 0.3 is 156 Å². The van der Waals surface area contributed by atoms with Gasteiger partial charge < -0.3 is 51.3 Å². The number of imide groups is 1. The molecule has 1 saturated heterocycles. The molecule has 300 valence electrons. The summed E-state index contributed by atoms with van der Waals surface area (Å²) in [6.07, 6.45) is 8.38. The number of carboxylic acid groups (broad SMARTS) is 1. The first-order valence-electron chi connectivity index (χ1n) is 13.0. The molecule has 1 fully saturated rings. The number of likely N-dealkylation sites (N-methyl/N-ethyl adjacent to an activating group) is 1. The number of allylic oxidation sites excluding steroid dienone is 1. The number of cyclic esters (lactones) is 2. The monoisotopic (exact) mass is 944 g/mol. The number of rotatable bonds is 2. The van der Waals surface area contributed by atoms with E-state index in [9.17, 15) is 28.8 Å². The smallest absolute Gasteiger partial charge is 1.00 e. The zero-order valence-corrected chi connectivity index (χ0v) is 44.3. The molecule has 0 spiro atoms. The molecule has 0 saturated carbocycles. The van der Waals surface area contributed by atoms with Crippen LogP contribution < -0.4 is 148 Å². The molecule has 1 atom stereocenters. The van der Waals surface area contributed by atoms with Crippen molar-refractivity contribution in [2.24, 2.45) is 5.73 Å². The van der Waals surface area contributed by atoms with E-state index in [1.165, 1.54) is 46.4 Å². The van der Waals surface area contributed by atoms with Crippen LogP contribution in [-0.2, 0) is 62.2 Å². The predicted octanol–water partition coefficient (Wildman–Crippen LogP) is -7.92. The number of carboxylic acids is 1. The summed E-state index contributed by atoms with van der Waals surface area (Å²) in [7, 11) is 5.51.